The van der Waals surface area contributed by atoms with E-state index in [-0.39, 0.29) is 12.0 Å². The fourth-order valence-electron chi connectivity index (χ4n) is 2.78. The number of hydrogen-bond acceptors (Lipinski definition) is 5. The van der Waals surface area contributed by atoms with Gasteiger partial charge in [-0.15, -0.1) is 0 Å². The van der Waals surface area contributed by atoms with Crippen molar-refractivity contribution in [3.63, 3.8) is 0 Å². The van der Waals surface area contributed by atoms with Crippen molar-refractivity contribution in [3.05, 3.63) is 77.0 Å². The lowest BCUT2D eigenvalue weighted by molar-refractivity contribution is 0.414. The topological polar surface area (TPSA) is 70.2 Å². The second-order valence-electron chi connectivity index (χ2n) is 5.56. The van der Waals surface area contributed by atoms with E-state index in [1.807, 2.05) is 30.3 Å². The van der Waals surface area contributed by atoms with E-state index in [0.717, 1.165) is 5.56 Å². The number of methoxy groups -OCH3 is 1. The average molecular weight is 333 g/mol. The molecule has 0 saturated heterocycles. The van der Waals surface area contributed by atoms with Crippen LogP contribution in [-0.2, 0) is 6.54 Å². The minimum atomic E-state index is -0.0849. The Bertz CT molecular complexity index is 1070. The normalized spacial score (nSPS) is 10.9. The first-order valence-electron chi connectivity index (χ1n) is 7.78. The van der Waals surface area contributed by atoms with Gasteiger partial charge in [-0.1, -0.05) is 30.3 Å². The zero-order valence-electron chi connectivity index (χ0n) is 13.5. The lowest BCUT2D eigenvalue weighted by Gasteiger charge is -2.11. The van der Waals surface area contributed by atoms with Crippen molar-refractivity contribution in [1.29, 1.82) is 0 Å². The molecule has 124 valence electrons. The summed E-state index contributed by atoms with van der Waals surface area (Å²) in [6.07, 6.45) is 3.02. The highest BCUT2D eigenvalue weighted by Gasteiger charge is 2.17. The van der Waals surface area contributed by atoms with Gasteiger partial charge in [-0.05, 0) is 12.1 Å². The minimum Gasteiger partial charge on any atom is -0.497 e. The van der Waals surface area contributed by atoms with Crippen molar-refractivity contribution in [2.75, 3.05) is 7.11 Å². The first-order valence-corrected chi connectivity index (χ1v) is 7.78. The summed E-state index contributed by atoms with van der Waals surface area (Å²) in [7, 11) is 1.58. The van der Waals surface area contributed by atoms with E-state index >= 15 is 0 Å². The number of nitrogens with zero attached hydrogens (tertiary/aromatic N) is 3. The quantitative estimate of drug-likeness (QED) is 0.574. The monoisotopic (exact) mass is 333 g/mol. The molecule has 25 heavy (non-hydrogen) atoms. The van der Waals surface area contributed by atoms with Gasteiger partial charge in [0.15, 0.2) is 5.43 Å². The van der Waals surface area contributed by atoms with Gasteiger partial charge >= 0.3 is 0 Å². The molecule has 0 aliphatic heterocycles. The Kier molecular flexibility index (Phi) is 3.78. The highest BCUT2D eigenvalue weighted by atomic mass is 16.5. The zero-order valence-corrected chi connectivity index (χ0v) is 13.5. The Labute approximate surface area is 143 Å². The molecule has 0 bridgehead atoms. The third-order valence-electron chi connectivity index (χ3n) is 4.02. The van der Waals surface area contributed by atoms with Crippen LogP contribution in [-0.4, -0.2) is 21.9 Å². The number of fused-ring (bicyclic) bond motifs is 1. The van der Waals surface area contributed by atoms with Crippen molar-refractivity contribution in [2.24, 2.45) is 0 Å². The van der Waals surface area contributed by atoms with Gasteiger partial charge in [0.05, 0.1) is 24.6 Å². The maximum absolute atomic E-state index is 13.1. The van der Waals surface area contributed by atoms with Gasteiger partial charge in [-0.25, -0.2) is 9.67 Å². The first-order chi connectivity index (χ1) is 12.3. The fraction of sp³-hybridized carbons (Fsp3) is 0.105. The van der Waals surface area contributed by atoms with Crippen LogP contribution in [0, 0.1) is 0 Å². The van der Waals surface area contributed by atoms with Crippen molar-refractivity contribution in [2.45, 2.75) is 6.54 Å². The molecule has 0 amide bonds. The molecule has 0 saturated carbocycles. The van der Waals surface area contributed by atoms with Crippen LogP contribution < -0.4 is 10.2 Å². The molecule has 4 aromatic rings. The van der Waals surface area contributed by atoms with E-state index in [9.17, 15) is 4.79 Å². The summed E-state index contributed by atoms with van der Waals surface area (Å²) in [6.45, 7) is 0.286. The largest absolute Gasteiger partial charge is 0.497 e. The van der Waals surface area contributed by atoms with E-state index in [0.29, 0.717) is 28.0 Å². The van der Waals surface area contributed by atoms with E-state index in [1.165, 1.54) is 6.33 Å². The molecule has 2 aromatic heterocycles. The molecule has 0 radical (unpaired) electrons. The highest BCUT2D eigenvalue weighted by molar-refractivity contribution is 5.81. The maximum atomic E-state index is 13.1. The zero-order chi connectivity index (χ0) is 17.2. The van der Waals surface area contributed by atoms with Gasteiger partial charge in [0.25, 0.3) is 0 Å². The average Bonchev–Trinajstić information content (AvgIpc) is 3.17. The SMILES string of the molecule is COc1ccc2c(=O)c(Cn3cncn3)c(-c3ccccc3)oc2c1. The van der Waals surface area contributed by atoms with Gasteiger partial charge in [0.1, 0.15) is 29.7 Å². The second kappa shape index (κ2) is 6.24. The second-order valence-corrected chi connectivity index (χ2v) is 5.56. The fourth-order valence-corrected chi connectivity index (χ4v) is 2.78. The molecular formula is C19H15N3O3. The van der Waals surface area contributed by atoms with Crippen LogP contribution in [0.4, 0.5) is 0 Å². The predicted octanol–water partition coefficient (Wildman–Crippen LogP) is 3.11. The van der Waals surface area contributed by atoms with E-state index in [4.69, 9.17) is 9.15 Å². The number of rotatable bonds is 4. The Morgan fingerprint density at radius 2 is 2.00 bits per heavy atom. The summed E-state index contributed by atoms with van der Waals surface area (Å²) in [5, 5.41) is 4.61. The van der Waals surface area contributed by atoms with Crippen LogP contribution >= 0.6 is 0 Å². The van der Waals surface area contributed by atoms with E-state index < -0.39 is 0 Å². The van der Waals surface area contributed by atoms with Crippen molar-refractivity contribution in [1.82, 2.24) is 14.8 Å². The molecule has 0 N–H and O–H groups in total. The summed E-state index contributed by atoms with van der Waals surface area (Å²) < 4.78 is 13.0. The molecule has 4 rings (SSSR count). The van der Waals surface area contributed by atoms with Crippen LogP contribution in [0.3, 0.4) is 0 Å². The smallest absolute Gasteiger partial charge is 0.198 e. The third-order valence-corrected chi connectivity index (χ3v) is 4.02. The minimum absolute atomic E-state index is 0.0849. The molecule has 6 nitrogen and oxygen atoms in total. The van der Waals surface area contributed by atoms with Crippen molar-refractivity contribution >= 4 is 11.0 Å². The van der Waals surface area contributed by atoms with Crippen molar-refractivity contribution in [3.8, 4) is 17.1 Å². The summed E-state index contributed by atoms with van der Waals surface area (Å²) in [5.74, 6) is 1.17. The molecule has 0 aliphatic rings. The van der Waals surface area contributed by atoms with Crippen LogP contribution in [0.25, 0.3) is 22.3 Å². The van der Waals surface area contributed by atoms with Crippen LogP contribution in [0.1, 0.15) is 5.56 Å². The highest BCUT2D eigenvalue weighted by Crippen LogP contribution is 2.28. The molecule has 2 aromatic carbocycles. The lowest BCUT2D eigenvalue weighted by Crippen LogP contribution is -2.15. The number of benzene rings is 2. The number of hydrogen-bond donors (Lipinski definition) is 0. The summed E-state index contributed by atoms with van der Waals surface area (Å²) >= 11 is 0. The van der Waals surface area contributed by atoms with Crippen LogP contribution in [0.15, 0.2) is 70.4 Å². The molecule has 6 heteroatoms. The van der Waals surface area contributed by atoms with Gasteiger partial charge in [0.2, 0.25) is 0 Å². The number of ether oxygens (including phenoxy) is 1. The van der Waals surface area contributed by atoms with Gasteiger partial charge < -0.3 is 9.15 Å². The molecule has 0 spiro atoms. The summed E-state index contributed by atoms with van der Waals surface area (Å²) in [4.78, 5) is 17.0. The molecular weight excluding hydrogens is 318 g/mol. The lowest BCUT2D eigenvalue weighted by atomic mass is 10.0. The van der Waals surface area contributed by atoms with Crippen LogP contribution in [0.2, 0.25) is 0 Å². The first kappa shape index (κ1) is 15.1. The van der Waals surface area contributed by atoms with Crippen LogP contribution in [0.5, 0.6) is 5.75 Å². The van der Waals surface area contributed by atoms with Gasteiger partial charge in [-0.2, -0.15) is 5.10 Å². The predicted molar refractivity (Wildman–Crippen MR) is 93.6 cm³/mol. The Hall–Kier alpha value is -3.41. The van der Waals surface area contributed by atoms with Gasteiger partial charge in [0, 0.05) is 11.6 Å². The summed E-state index contributed by atoms with van der Waals surface area (Å²) in [5.41, 5.74) is 1.78. The number of aromatic nitrogens is 3. The standard InChI is InChI=1S/C19H15N3O3/c1-24-14-7-8-15-17(9-14)25-19(13-5-3-2-4-6-13)16(18(15)23)10-22-12-20-11-21-22/h2-9,11-12H,10H2,1H3. The molecule has 2 heterocycles. The molecule has 0 aliphatic carbocycles. The Morgan fingerprint density at radius 1 is 1.16 bits per heavy atom. The Morgan fingerprint density at radius 3 is 2.72 bits per heavy atom. The third kappa shape index (κ3) is 2.78. The van der Waals surface area contributed by atoms with E-state index in [1.54, 1.807) is 36.3 Å². The summed E-state index contributed by atoms with van der Waals surface area (Å²) in [6, 6.07) is 14.8. The van der Waals surface area contributed by atoms with E-state index in [2.05, 4.69) is 10.1 Å². The Balaban J connectivity index is 1.99. The van der Waals surface area contributed by atoms with Crippen molar-refractivity contribution < 1.29 is 9.15 Å². The van der Waals surface area contributed by atoms with Gasteiger partial charge in [-0.3, -0.25) is 4.79 Å². The molecule has 0 unspecified atom stereocenters. The molecule has 0 atom stereocenters. The molecule has 0 fully saturated rings. The maximum Gasteiger partial charge on any atom is 0.198 e.